The van der Waals surface area contributed by atoms with Gasteiger partial charge in [-0.2, -0.15) is 26.3 Å². The van der Waals surface area contributed by atoms with E-state index in [1.807, 2.05) is 4.98 Å². The summed E-state index contributed by atoms with van der Waals surface area (Å²) in [5.41, 5.74) is -3.14. The lowest BCUT2D eigenvalue weighted by Crippen LogP contribution is -2.18. The molecule has 124 valence electrons. The number of rotatable bonds is 3. The smallest absolute Gasteiger partial charge is 0.352 e. The Bertz CT molecular complexity index is 750. The third-order valence-corrected chi connectivity index (χ3v) is 2.75. The number of benzene rings is 1. The zero-order valence-corrected chi connectivity index (χ0v) is 11.2. The quantitative estimate of drug-likeness (QED) is 0.844. The number of anilines is 1. The van der Waals surface area contributed by atoms with Crippen molar-refractivity contribution >= 4 is 5.95 Å². The molecule has 0 atom stereocenters. The van der Waals surface area contributed by atoms with Crippen LogP contribution >= 0.6 is 0 Å². The molecular weight excluding hydrogens is 328 g/mol. The molecule has 0 bridgehead atoms. The number of aromatic amines is 1. The standard InChI is InChI=1S/C13H9F6N3O/c14-12(15,16)8-3-1-2-7(4-8)6-20-11-21-9(13(17,18)19)5-10(23)22-11/h1-5H,6H2,(H2,20,21,22,23). The molecule has 0 saturated heterocycles. The van der Waals surface area contributed by atoms with Gasteiger partial charge in [-0.3, -0.25) is 9.78 Å². The van der Waals surface area contributed by atoms with Gasteiger partial charge in [-0.1, -0.05) is 12.1 Å². The molecule has 0 aliphatic rings. The molecule has 2 aromatic rings. The summed E-state index contributed by atoms with van der Waals surface area (Å²) in [5, 5.41) is 2.36. The Kier molecular flexibility index (Phi) is 4.35. The van der Waals surface area contributed by atoms with Crippen LogP contribution in [0.2, 0.25) is 0 Å². The second-order valence-electron chi connectivity index (χ2n) is 4.53. The summed E-state index contributed by atoms with van der Waals surface area (Å²) in [6.45, 7) is -0.242. The van der Waals surface area contributed by atoms with Crippen molar-refractivity contribution in [2.24, 2.45) is 0 Å². The molecule has 1 heterocycles. The highest BCUT2D eigenvalue weighted by molar-refractivity contribution is 5.31. The van der Waals surface area contributed by atoms with Crippen LogP contribution in [0.3, 0.4) is 0 Å². The Morgan fingerprint density at radius 1 is 1.04 bits per heavy atom. The van der Waals surface area contributed by atoms with Crippen LogP contribution in [0.1, 0.15) is 16.8 Å². The number of nitrogens with zero attached hydrogens (tertiary/aromatic N) is 1. The van der Waals surface area contributed by atoms with Gasteiger partial charge in [0.05, 0.1) is 5.56 Å². The molecule has 10 heteroatoms. The number of hydrogen-bond acceptors (Lipinski definition) is 3. The zero-order chi connectivity index (χ0) is 17.3. The van der Waals surface area contributed by atoms with Crippen LogP contribution in [0, 0.1) is 0 Å². The predicted molar refractivity (Wildman–Crippen MR) is 68.6 cm³/mol. The number of hydrogen-bond donors (Lipinski definition) is 2. The van der Waals surface area contributed by atoms with Crippen LogP contribution in [0.5, 0.6) is 0 Å². The maximum Gasteiger partial charge on any atom is 0.433 e. The van der Waals surface area contributed by atoms with Crippen LogP contribution in [0.15, 0.2) is 35.1 Å². The van der Waals surface area contributed by atoms with E-state index in [4.69, 9.17) is 0 Å². The van der Waals surface area contributed by atoms with Crippen molar-refractivity contribution < 1.29 is 26.3 Å². The molecule has 0 aliphatic heterocycles. The Labute approximate surface area is 125 Å². The molecule has 0 spiro atoms. The second kappa shape index (κ2) is 5.94. The highest BCUT2D eigenvalue weighted by Crippen LogP contribution is 2.30. The van der Waals surface area contributed by atoms with E-state index in [1.165, 1.54) is 12.1 Å². The fourth-order valence-electron chi connectivity index (χ4n) is 1.73. The van der Waals surface area contributed by atoms with Gasteiger partial charge in [-0.25, -0.2) is 4.98 Å². The molecule has 1 aromatic heterocycles. The maximum absolute atomic E-state index is 12.6. The predicted octanol–water partition coefficient (Wildman–Crippen LogP) is 3.42. The van der Waals surface area contributed by atoms with Gasteiger partial charge in [0.25, 0.3) is 5.56 Å². The lowest BCUT2D eigenvalue weighted by Gasteiger charge is -2.11. The van der Waals surface area contributed by atoms with E-state index in [-0.39, 0.29) is 18.2 Å². The van der Waals surface area contributed by atoms with Crippen molar-refractivity contribution in [3.63, 3.8) is 0 Å². The second-order valence-corrected chi connectivity index (χ2v) is 4.53. The SMILES string of the molecule is O=c1cc(C(F)(F)F)nc(NCc2cccc(C(F)(F)F)c2)[nH]1. The highest BCUT2D eigenvalue weighted by Gasteiger charge is 2.33. The van der Waals surface area contributed by atoms with E-state index in [9.17, 15) is 31.1 Å². The van der Waals surface area contributed by atoms with E-state index in [0.29, 0.717) is 0 Å². The molecular formula is C13H9F6N3O. The van der Waals surface area contributed by atoms with E-state index >= 15 is 0 Å². The molecule has 0 radical (unpaired) electrons. The van der Waals surface area contributed by atoms with Crippen molar-refractivity contribution in [1.29, 1.82) is 0 Å². The van der Waals surface area contributed by atoms with E-state index in [1.54, 1.807) is 0 Å². The molecule has 0 saturated carbocycles. The zero-order valence-electron chi connectivity index (χ0n) is 11.2. The topological polar surface area (TPSA) is 57.8 Å². The van der Waals surface area contributed by atoms with Gasteiger partial charge in [0.15, 0.2) is 5.69 Å². The van der Waals surface area contributed by atoms with E-state index in [0.717, 1.165) is 12.1 Å². The average molecular weight is 337 g/mol. The fraction of sp³-hybridized carbons (Fsp3) is 0.231. The largest absolute Gasteiger partial charge is 0.433 e. The number of nitrogens with one attached hydrogen (secondary N) is 2. The summed E-state index contributed by atoms with van der Waals surface area (Å²) in [6, 6.07) is 4.53. The Hall–Kier alpha value is -2.52. The fourth-order valence-corrected chi connectivity index (χ4v) is 1.73. The number of H-pyrrole nitrogens is 1. The Balaban J connectivity index is 2.19. The van der Waals surface area contributed by atoms with Gasteiger partial charge >= 0.3 is 12.4 Å². The van der Waals surface area contributed by atoms with Crippen molar-refractivity contribution in [3.8, 4) is 0 Å². The third-order valence-electron chi connectivity index (χ3n) is 2.75. The molecule has 2 N–H and O–H groups in total. The lowest BCUT2D eigenvalue weighted by molar-refractivity contribution is -0.141. The third kappa shape index (κ3) is 4.47. The van der Waals surface area contributed by atoms with Gasteiger partial charge in [0, 0.05) is 12.6 Å². The normalized spacial score (nSPS) is 12.3. The Morgan fingerprint density at radius 2 is 1.74 bits per heavy atom. The van der Waals surface area contributed by atoms with Crippen LogP contribution in [0.4, 0.5) is 32.3 Å². The molecule has 4 nitrogen and oxygen atoms in total. The average Bonchev–Trinajstić information content (AvgIpc) is 2.43. The first-order valence-corrected chi connectivity index (χ1v) is 6.14. The summed E-state index contributed by atoms with van der Waals surface area (Å²) in [5.74, 6) is -0.484. The lowest BCUT2D eigenvalue weighted by atomic mass is 10.1. The number of aromatic nitrogens is 2. The first-order chi connectivity index (χ1) is 10.6. The molecule has 2 rings (SSSR count). The molecule has 23 heavy (non-hydrogen) atoms. The first-order valence-electron chi connectivity index (χ1n) is 6.14. The van der Waals surface area contributed by atoms with Crippen molar-refractivity contribution in [2.45, 2.75) is 18.9 Å². The van der Waals surface area contributed by atoms with Gasteiger partial charge < -0.3 is 5.32 Å². The summed E-state index contributed by atoms with van der Waals surface area (Å²) >= 11 is 0. The monoisotopic (exact) mass is 337 g/mol. The van der Waals surface area contributed by atoms with Crippen LogP contribution in [-0.4, -0.2) is 9.97 Å². The first kappa shape index (κ1) is 16.8. The number of alkyl halides is 6. The van der Waals surface area contributed by atoms with Gasteiger partial charge in [-0.15, -0.1) is 0 Å². The summed E-state index contributed by atoms with van der Waals surface area (Å²) in [6.07, 6.45) is -9.33. The van der Waals surface area contributed by atoms with Gasteiger partial charge in [-0.05, 0) is 17.7 Å². The van der Waals surface area contributed by atoms with E-state index < -0.39 is 35.1 Å². The number of halogens is 6. The summed E-state index contributed by atoms with van der Waals surface area (Å²) in [4.78, 5) is 16.4. The van der Waals surface area contributed by atoms with E-state index in [2.05, 4.69) is 10.3 Å². The Morgan fingerprint density at radius 3 is 2.35 bits per heavy atom. The maximum atomic E-state index is 12.6. The molecule has 1 aromatic carbocycles. The highest BCUT2D eigenvalue weighted by atomic mass is 19.4. The van der Waals surface area contributed by atoms with Crippen molar-refractivity contribution in [1.82, 2.24) is 9.97 Å². The molecule has 0 fully saturated rings. The van der Waals surface area contributed by atoms with Gasteiger partial charge in [0.1, 0.15) is 0 Å². The van der Waals surface area contributed by atoms with Gasteiger partial charge in [0.2, 0.25) is 5.95 Å². The molecule has 0 aliphatic carbocycles. The van der Waals surface area contributed by atoms with Crippen molar-refractivity contribution in [3.05, 3.63) is 57.5 Å². The van der Waals surface area contributed by atoms with Crippen LogP contribution < -0.4 is 10.9 Å². The van der Waals surface area contributed by atoms with Crippen LogP contribution in [0.25, 0.3) is 0 Å². The molecule has 0 unspecified atom stereocenters. The minimum Gasteiger partial charge on any atom is -0.352 e. The van der Waals surface area contributed by atoms with Crippen LogP contribution in [-0.2, 0) is 18.9 Å². The minimum absolute atomic E-state index is 0.167. The minimum atomic E-state index is -4.80. The summed E-state index contributed by atoms with van der Waals surface area (Å²) < 4.78 is 75.3. The summed E-state index contributed by atoms with van der Waals surface area (Å²) in [7, 11) is 0. The molecule has 0 amide bonds. The van der Waals surface area contributed by atoms with Crippen molar-refractivity contribution in [2.75, 3.05) is 5.32 Å².